The summed E-state index contributed by atoms with van der Waals surface area (Å²) in [5, 5.41) is 20.6. The standard InChI is InChI=1S/C18H21NO2/c20-17-9-4-8-16(12-17)18(21)10-5-11-19(14-18)13-15-6-2-1-3-7-15/h1-4,6-9,12,20-21H,5,10-11,13-14H2. The molecule has 0 aliphatic carbocycles. The molecule has 0 radical (unpaired) electrons. The molecule has 3 nitrogen and oxygen atoms in total. The molecule has 2 aromatic carbocycles. The number of aromatic hydroxyl groups is 1. The van der Waals surface area contributed by atoms with Crippen LogP contribution in [0.1, 0.15) is 24.0 Å². The Kier molecular flexibility index (Phi) is 3.95. The Morgan fingerprint density at radius 3 is 2.62 bits per heavy atom. The summed E-state index contributed by atoms with van der Waals surface area (Å²) in [6.45, 7) is 2.45. The number of benzene rings is 2. The summed E-state index contributed by atoms with van der Waals surface area (Å²) in [5.74, 6) is 0.209. The van der Waals surface area contributed by atoms with Gasteiger partial charge >= 0.3 is 0 Å². The third-order valence-electron chi connectivity index (χ3n) is 4.18. The third kappa shape index (κ3) is 3.26. The third-order valence-corrected chi connectivity index (χ3v) is 4.18. The zero-order valence-electron chi connectivity index (χ0n) is 12.1. The molecule has 21 heavy (non-hydrogen) atoms. The van der Waals surface area contributed by atoms with Gasteiger partial charge in [0.25, 0.3) is 0 Å². The molecule has 2 N–H and O–H groups in total. The molecule has 0 saturated carbocycles. The van der Waals surface area contributed by atoms with Crippen LogP contribution in [-0.4, -0.2) is 28.2 Å². The first-order valence-corrected chi connectivity index (χ1v) is 7.44. The first-order chi connectivity index (χ1) is 10.2. The predicted molar refractivity (Wildman–Crippen MR) is 83.0 cm³/mol. The molecule has 0 aromatic heterocycles. The van der Waals surface area contributed by atoms with E-state index in [2.05, 4.69) is 17.0 Å². The maximum atomic E-state index is 11.0. The summed E-state index contributed by atoms with van der Waals surface area (Å²) in [4.78, 5) is 2.28. The molecule has 0 amide bonds. The number of hydrogen-bond donors (Lipinski definition) is 2. The minimum Gasteiger partial charge on any atom is -0.508 e. The molecule has 1 fully saturated rings. The molecule has 3 rings (SSSR count). The van der Waals surface area contributed by atoms with Gasteiger partial charge in [-0.05, 0) is 42.6 Å². The van der Waals surface area contributed by atoms with Crippen LogP contribution in [0.5, 0.6) is 5.75 Å². The van der Waals surface area contributed by atoms with Crippen molar-refractivity contribution in [2.45, 2.75) is 25.0 Å². The summed E-state index contributed by atoms with van der Waals surface area (Å²) >= 11 is 0. The van der Waals surface area contributed by atoms with Crippen molar-refractivity contribution in [3.8, 4) is 5.75 Å². The Morgan fingerprint density at radius 1 is 1.05 bits per heavy atom. The first kappa shape index (κ1) is 14.1. The molecule has 1 saturated heterocycles. The summed E-state index contributed by atoms with van der Waals surface area (Å²) in [6, 6.07) is 17.3. The fourth-order valence-corrected chi connectivity index (χ4v) is 3.13. The molecule has 2 aromatic rings. The zero-order valence-corrected chi connectivity index (χ0v) is 12.1. The maximum absolute atomic E-state index is 11.0. The largest absolute Gasteiger partial charge is 0.508 e. The number of piperidine rings is 1. The van der Waals surface area contributed by atoms with Crippen molar-refractivity contribution in [3.05, 3.63) is 65.7 Å². The summed E-state index contributed by atoms with van der Waals surface area (Å²) in [6.07, 6.45) is 1.70. The van der Waals surface area contributed by atoms with Crippen LogP contribution in [-0.2, 0) is 12.1 Å². The molecule has 0 spiro atoms. The van der Waals surface area contributed by atoms with E-state index in [1.807, 2.05) is 24.3 Å². The summed E-state index contributed by atoms with van der Waals surface area (Å²) in [5.41, 5.74) is 1.20. The highest BCUT2D eigenvalue weighted by Crippen LogP contribution is 2.33. The maximum Gasteiger partial charge on any atom is 0.115 e. The minimum absolute atomic E-state index is 0.209. The van der Waals surface area contributed by atoms with E-state index in [-0.39, 0.29) is 5.75 Å². The van der Waals surface area contributed by atoms with E-state index in [1.165, 1.54) is 5.56 Å². The second-order valence-electron chi connectivity index (χ2n) is 5.88. The lowest BCUT2D eigenvalue weighted by Gasteiger charge is -2.39. The Hall–Kier alpha value is -1.84. The van der Waals surface area contributed by atoms with Crippen LogP contribution in [0.25, 0.3) is 0 Å². The predicted octanol–water partition coefficient (Wildman–Crippen LogP) is 2.88. The number of likely N-dealkylation sites (tertiary alicyclic amines) is 1. The molecule has 3 heteroatoms. The number of phenolic OH excluding ortho intramolecular Hbond substituents is 1. The summed E-state index contributed by atoms with van der Waals surface area (Å²) < 4.78 is 0. The van der Waals surface area contributed by atoms with Gasteiger partial charge in [-0.15, -0.1) is 0 Å². The van der Waals surface area contributed by atoms with Crippen LogP contribution in [0, 0.1) is 0 Å². The van der Waals surface area contributed by atoms with Crippen LogP contribution in [0.2, 0.25) is 0 Å². The van der Waals surface area contributed by atoms with Gasteiger partial charge in [0.2, 0.25) is 0 Å². The number of nitrogens with zero attached hydrogens (tertiary/aromatic N) is 1. The number of aliphatic hydroxyl groups is 1. The highest BCUT2D eigenvalue weighted by Gasteiger charge is 2.34. The van der Waals surface area contributed by atoms with Gasteiger partial charge in [0.15, 0.2) is 0 Å². The quantitative estimate of drug-likeness (QED) is 0.910. The normalized spacial score (nSPS) is 23.1. The second-order valence-corrected chi connectivity index (χ2v) is 5.88. The van der Waals surface area contributed by atoms with Gasteiger partial charge < -0.3 is 10.2 Å². The lowest BCUT2D eigenvalue weighted by Crippen LogP contribution is -2.45. The van der Waals surface area contributed by atoms with E-state index >= 15 is 0 Å². The molecule has 1 aliphatic heterocycles. The van der Waals surface area contributed by atoms with E-state index in [0.717, 1.165) is 31.5 Å². The van der Waals surface area contributed by atoms with Gasteiger partial charge in [0.1, 0.15) is 11.4 Å². The molecule has 0 bridgehead atoms. The topological polar surface area (TPSA) is 43.7 Å². The van der Waals surface area contributed by atoms with E-state index < -0.39 is 5.60 Å². The number of hydrogen-bond acceptors (Lipinski definition) is 3. The van der Waals surface area contributed by atoms with Crippen molar-refractivity contribution in [2.75, 3.05) is 13.1 Å². The smallest absolute Gasteiger partial charge is 0.115 e. The second kappa shape index (κ2) is 5.88. The fourth-order valence-electron chi connectivity index (χ4n) is 3.13. The van der Waals surface area contributed by atoms with Crippen molar-refractivity contribution in [2.24, 2.45) is 0 Å². The summed E-state index contributed by atoms with van der Waals surface area (Å²) in [7, 11) is 0. The molecule has 1 heterocycles. The Labute approximate surface area is 125 Å². The average molecular weight is 283 g/mol. The van der Waals surface area contributed by atoms with Crippen molar-refractivity contribution >= 4 is 0 Å². The van der Waals surface area contributed by atoms with Crippen LogP contribution in [0.15, 0.2) is 54.6 Å². The lowest BCUT2D eigenvalue weighted by molar-refractivity contribution is -0.0382. The molecule has 1 aliphatic rings. The van der Waals surface area contributed by atoms with E-state index in [9.17, 15) is 10.2 Å². The van der Waals surface area contributed by atoms with Gasteiger partial charge in [-0.1, -0.05) is 42.5 Å². The SMILES string of the molecule is Oc1cccc(C2(O)CCCN(Cc3ccccc3)C2)c1. The van der Waals surface area contributed by atoms with Crippen molar-refractivity contribution in [3.63, 3.8) is 0 Å². The lowest BCUT2D eigenvalue weighted by atomic mass is 9.85. The average Bonchev–Trinajstić information content (AvgIpc) is 2.48. The molecule has 110 valence electrons. The molecule has 1 unspecified atom stereocenters. The highest BCUT2D eigenvalue weighted by atomic mass is 16.3. The van der Waals surface area contributed by atoms with Crippen LogP contribution < -0.4 is 0 Å². The van der Waals surface area contributed by atoms with Crippen molar-refractivity contribution < 1.29 is 10.2 Å². The minimum atomic E-state index is -0.869. The van der Waals surface area contributed by atoms with Crippen LogP contribution in [0.3, 0.4) is 0 Å². The number of rotatable bonds is 3. The van der Waals surface area contributed by atoms with Gasteiger partial charge in [0.05, 0.1) is 0 Å². The molecule has 1 atom stereocenters. The number of β-amino-alcohol motifs (C(OH)–C–C–N with tert-alkyl or cyclic N) is 1. The van der Waals surface area contributed by atoms with Gasteiger partial charge in [0, 0.05) is 13.1 Å². The monoisotopic (exact) mass is 283 g/mol. The van der Waals surface area contributed by atoms with E-state index in [1.54, 1.807) is 18.2 Å². The highest BCUT2D eigenvalue weighted by molar-refractivity contribution is 5.32. The van der Waals surface area contributed by atoms with Gasteiger partial charge in [-0.25, -0.2) is 0 Å². The van der Waals surface area contributed by atoms with Crippen molar-refractivity contribution in [1.82, 2.24) is 4.90 Å². The van der Waals surface area contributed by atoms with E-state index in [4.69, 9.17) is 0 Å². The Bertz CT molecular complexity index is 599. The fraction of sp³-hybridized carbons (Fsp3) is 0.333. The van der Waals surface area contributed by atoms with E-state index in [0.29, 0.717) is 6.54 Å². The number of phenols is 1. The van der Waals surface area contributed by atoms with Gasteiger partial charge in [-0.3, -0.25) is 4.90 Å². The first-order valence-electron chi connectivity index (χ1n) is 7.44. The van der Waals surface area contributed by atoms with Gasteiger partial charge in [-0.2, -0.15) is 0 Å². The van der Waals surface area contributed by atoms with Crippen molar-refractivity contribution in [1.29, 1.82) is 0 Å². The van der Waals surface area contributed by atoms with Crippen LogP contribution in [0.4, 0.5) is 0 Å². The Balaban J connectivity index is 1.76. The molecular formula is C18H21NO2. The zero-order chi connectivity index (χ0) is 14.7. The Morgan fingerprint density at radius 2 is 1.86 bits per heavy atom. The van der Waals surface area contributed by atoms with Crippen LogP contribution >= 0.6 is 0 Å². The molecular weight excluding hydrogens is 262 g/mol.